The van der Waals surface area contributed by atoms with E-state index >= 15 is 0 Å². The summed E-state index contributed by atoms with van der Waals surface area (Å²) in [6.07, 6.45) is 1.12. The van der Waals surface area contributed by atoms with Crippen molar-refractivity contribution < 1.29 is 18.7 Å². The summed E-state index contributed by atoms with van der Waals surface area (Å²) in [5, 5.41) is 8.21. The van der Waals surface area contributed by atoms with Crippen LogP contribution < -0.4 is 5.32 Å². The van der Waals surface area contributed by atoms with E-state index in [1.165, 1.54) is 23.5 Å². The number of carbonyl (C=O) groups excluding carboxylic acids is 2. The van der Waals surface area contributed by atoms with Crippen LogP contribution >= 0.6 is 11.3 Å². The largest absolute Gasteiger partial charge is 0.448 e. The predicted octanol–water partition coefficient (Wildman–Crippen LogP) is 3.42. The molecule has 0 spiro atoms. The second-order valence-corrected chi connectivity index (χ2v) is 8.06. The van der Waals surface area contributed by atoms with Crippen LogP contribution in [0.1, 0.15) is 40.7 Å². The van der Waals surface area contributed by atoms with Crippen LogP contribution in [0.15, 0.2) is 30.3 Å². The SMILES string of the molecule is Cc1nn(Cc2ccc(F)cc2)c2sc(C(=O)O[C@@H](C)C(=O)NC3CC3)cc12. The Labute approximate surface area is 165 Å². The minimum absolute atomic E-state index is 0.220. The van der Waals surface area contributed by atoms with Gasteiger partial charge in [0.1, 0.15) is 15.5 Å². The predicted molar refractivity (Wildman–Crippen MR) is 104 cm³/mol. The van der Waals surface area contributed by atoms with Gasteiger partial charge in [-0.25, -0.2) is 9.18 Å². The molecule has 0 saturated heterocycles. The van der Waals surface area contributed by atoms with Crippen LogP contribution in [0.3, 0.4) is 0 Å². The van der Waals surface area contributed by atoms with Gasteiger partial charge < -0.3 is 10.1 Å². The number of nitrogens with zero attached hydrogens (tertiary/aromatic N) is 2. The molecule has 28 heavy (non-hydrogen) atoms. The van der Waals surface area contributed by atoms with Gasteiger partial charge >= 0.3 is 5.97 Å². The van der Waals surface area contributed by atoms with Crippen LogP contribution in [-0.2, 0) is 16.1 Å². The van der Waals surface area contributed by atoms with Crippen LogP contribution in [-0.4, -0.2) is 33.8 Å². The average Bonchev–Trinajstić information content (AvgIpc) is 3.27. The standard InChI is InChI=1S/C20H20FN3O3S/c1-11-16-9-17(20(26)27-12(2)18(25)22-15-7-8-15)28-19(16)24(23-11)10-13-3-5-14(21)6-4-13/h3-6,9,12,15H,7-8,10H2,1-2H3,(H,22,25)/t12-/m0/s1. The number of rotatable bonds is 6. The second kappa shape index (κ2) is 7.35. The molecule has 0 radical (unpaired) electrons. The van der Waals surface area contributed by atoms with Gasteiger partial charge in [-0.15, -0.1) is 11.3 Å². The molecular weight excluding hydrogens is 381 g/mol. The maximum Gasteiger partial charge on any atom is 0.349 e. The molecule has 0 bridgehead atoms. The van der Waals surface area contributed by atoms with E-state index in [0.29, 0.717) is 11.4 Å². The first-order chi connectivity index (χ1) is 13.4. The molecule has 1 atom stereocenters. The molecule has 0 aliphatic heterocycles. The molecule has 1 aromatic carbocycles. The minimum Gasteiger partial charge on any atom is -0.448 e. The monoisotopic (exact) mass is 401 g/mol. The van der Waals surface area contributed by atoms with Crippen LogP contribution in [0.2, 0.25) is 0 Å². The van der Waals surface area contributed by atoms with Crippen molar-refractivity contribution in [3.8, 4) is 0 Å². The highest BCUT2D eigenvalue weighted by molar-refractivity contribution is 7.20. The molecule has 1 fully saturated rings. The number of benzene rings is 1. The van der Waals surface area contributed by atoms with Gasteiger partial charge in [0.25, 0.3) is 5.91 Å². The zero-order valence-corrected chi connectivity index (χ0v) is 16.4. The summed E-state index contributed by atoms with van der Waals surface area (Å²) >= 11 is 1.28. The van der Waals surface area contributed by atoms with Gasteiger partial charge in [0, 0.05) is 11.4 Å². The summed E-state index contributed by atoms with van der Waals surface area (Å²) in [6.45, 7) is 3.92. The Morgan fingerprint density at radius 1 is 1.36 bits per heavy atom. The van der Waals surface area contributed by atoms with Crippen LogP contribution in [0.25, 0.3) is 10.2 Å². The molecule has 146 valence electrons. The number of amides is 1. The van der Waals surface area contributed by atoms with Gasteiger partial charge in [0.05, 0.1) is 12.2 Å². The smallest absolute Gasteiger partial charge is 0.349 e. The zero-order valence-electron chi connectivity index (χ0n) is 15.6. The summed E-state index contributed by atoms with van der Waals surface area (Å²) in [7, 11) is 0. The van der Waals surface area contributed by atoms with Gasteiger partial charge in [-0.2, -0.15) is 5.10 Å². The van der Waals surface area contributed by atoms with Crippen LogP contribution in [0.4, 0.5) is 4.39 Å². The molecule has 1 amide bonds. The third-order valence-electron chi connectivity index (χ3n) is 4.63. The van der Waals surface area contributed by atoms with E-state index in [2.05, 4.69) is 10.4 Å². The van der Waals surface area contributed by atoms with Crippen molar-refractivity contribution in [1.29, 1.82) is 0 Å². The first-order valence-electron chi connectivity index (χ1n) is 9.13. The quantitative estimate of drug-likeness (QED) is 0.643. The Kier molecular flexibility index (Phi) is 4.89. The Bertz CT molecular complexity index is 1040. The summed E-state index contributed by atoms with van der Waals surface area (Å²) in [5.41, 5.74) is 1.71. The average molecular weight is 401 g/mol. The van der Waals surface area contributed by atoms with Crippen LogP contribution in [0, 0.1) is 12.7 Å². The summed E-state index contributed by atoms with van der Waals surface area (Å²) in [5.74, 6) is -1.07. The van der Waals surface area contributed by atoms with E-state index in [-0.39, 0.29) is 17.8 Å². The normalized spacial score (nSPS) is 14.8. The molecule has 4 rings (SSSR count). The molecular formula is C20H20FN3O3S. The number of ether oxygens (including phenoxy) is 1. The lowest BCUT2D eigenvalue weighted by Crippen LogP contribution is -2.36. The molecule has 6 nitrogen and oxygen atoms in total. The number of fused-ring (bicyclic) bond motifs is 1. The van der Waals surface area contributed by atoms with Crippen LogP contribution in [0.5, 0.6) is 0 Å². The number of hydrogen-bond donors (Lipinski definition) is 1. The van der Waals surface area contributed by atoms with Gasteiger partial charge in [-0.3, -0.25) is 9.48 Å². The first-order valence-corrected chi connectivity index (χ1v) is 9.95. The minimum atomic E-state index is -0.838. The lowest BCUT2D eigenvalue weighted by atomic mass is 10.2. The number of carbonyl (C=O) groups is 2. The highest BCUT2D eigenvalue weighted by atomic mass is 32.1. The van der Waals surface area contributed by atoms with Crippen molar-refractivity contribution in [3.05, 3.63) is 52.3 Å². The molecule has 1 aliphatic carbocycles. The van der Waals surface area contributed by atoms with Crippen molar-refractivity contribution in [2.24, 2.45) is 0 Å². The lowest BCUT2D eigenvalue weighted by molar-refractivity contribution is -0.129. The van der Waals surface area contributed by atoms with Gasteiger partial charge in [-0.05, 0) is 50.5 Å². The van der Waals surface area contributed by atoms with Crippen molar-refractivity contribution in [2.45, 2.75) is 45.4 Å². The topological polar surface area (TPSA) is 73.2 Å². The molecule has 0 unspecified atom stereocenters. The molecule has 8 heteroatoms. The van der Waals surface area contributed by atoms with E-state index in [1.54, 1.807) is 29.8 Å². The summed E-state index contributed by atoms with van der Waals surface area (Å²) < 4.78 is 20.2. The zero-order chi connectivity index (χ0) is 19.8. The third kappa shape index (κ3) is 3.91. The fraction of sp³-hybridized carbons (Fsp3) is 0.350. The molecule has 2 heterocycles. The Balaban J connectivity index is 1.51. The summed E-state index contributed by atoms with van der Waals surface area (Å²) in [4.78, 5) is 25.7. The van der Waals surface area contributed by atoms with Crippen molar-refractivity contribution in [1.82, 2.24) is 15.1 Å². The number of halogens is 1. The number of aryl methyl sites for hydroxylation is 1. The second-order valence-electron chi connectivity index (χ2n) is 7.03. The van der Waals surface area contributed by atoms with Crippen molar-refractivity contribution >= 4 is 33.4 Å². The fourth-order valence-electron chi connectivity index (χ4n) is 2.90. The number of esters is 1. The van der Waals surface area contributed by atoms with Crippen molar-refractivity contribution in [2.75, 3.05) is 0 Å². The number of aromatic nitrogens is 2. The third-order valence-corrected chi connectivity index (χ3v) is 5.76. The maximum atomic E-state index is 13.1. The number of thiophene rings is 1. The Hall–Kier alpha value is -2.74. The maximum absolute atomic E-state index is 13.1. The molecule has 1 aliphatic rings. The lowest BCUT2D eigenvalue weighted by Gasteiger charge is -2.12. The number of hydrogen-bond acceptors (Lipinski definition) is 5. The molecule has 1 N–H and O–H groups in total. The van der Waals surface area contributed by atoms with Gasteiger partial charge in [-0.1, -0.05) is 12.1 Å². The van der Waals surface area contributed by atoms with Crippen molar-refractivity contribution in [3.63, 3.8) is 0 Å². The molecule has 3 aromatic rings. The number of nitrogens with one attached hydrogen (secondary N) is 1. The Morgan fingerprint density at radius 2 is 2.07 bits per heavy atom. The van der Waals surface area contributed by atoms with E-state index in [1.807, 2.05) is 6.92 Å². The fourth-order valence-corrected chi connectivity index (χ4v) is 3.95. The van der Waals surface area contributed by atoms with E-state index in [4.69, 9.17) is 4.74 Å². The van der Waals surface area contributed by atoms with E-state index in [9.17, 15) is 14.0 Å². The van der Waals surface area contributed by atoms with Gasteiger partial charge in [0.15, 0.2) is 6.10 Å². The Morgan fingerprint density at radius 3 is 2.75 bits per heavy atom. The molecule has 1 saturated carbocycles. The van der Waals surface area contributed by atoms with E-state index in [0.717, 1.165) is 34.3 Å². The highest BCUT2D eigenvalue weighted by Crippen LogP contribution is 2.29. The first kappa shape index (κ1) is 18.6. The van der Waals surface area contributed by atoms with E-state index < -0.39 is 12.1 Å². The highest BCUT2D eigenvalue weighted by Gasteiger charge is 2.28. The van der Waals surface area contributed by atoms with Gasteiger partial charge in [0.2, 0.25) is 0 Å². The molecule has 2 aromatic heterocycles. The summed E-state index contributed by atoms with van der Waals surface area (Å²) in [6, 6.07) is 8.21.